The lowest BCUT2D eigenvalue weighted by molar-refractivity contribution is -0.336. The van der Waals surface area contributed by atoms with Crippen molar-refractivity contribution in [2.75, 3.05) is 45.7 Å². The number of anilines is 1. The van der Waals surface area contributed by atoms with Crippen molar-refractivity contribution >= 4 is 17.7 Å². The zero-order chi connectivity index (χ0) is 50.4. The van der Waals surface area contributed by atoms with E-state index in [1.54, 1.807) is 62.6 Å². The number of methoxy groups -OCH3 is 1. The molecular weight excluding hydrogens is 865 g/mol. The van der Waals surface area contributed by atoms with Gasteiger partial charge in [-0.15, -0.1) is 0 Å². The molecule has 18 atom stereocenters. The van der Waals surface area contributed by atoms with Gasteiger partial charge in [-0.2, -0.15) is 0 Å². The number of para-hydroxylation sites is 1. The van der Waals surface area contributed by atoms with Gasteiger partial charge in [0, 0.05) is 51.8 Å². The van der Waals surface area contributed by atoms with E-state index in [0.29, 0.717) is 31.1 Å². The molecule has 4 rings (SSSR count). The Hall–Kier alpha value is -2.52. The van der Waals surface area contributed by atoms with Gasteiger partial charge in [0.15, 0.2) is 12.6 Å². The topological polar surface area (TPSA) is 221 Å². The second-order valence-electron chi connectivity index (χ2n) is 21.2. The van der Waals surface area contributed by atoms with Gasteiger partial charge in [0.1, 0.15) is 35.1 Å². The van der Waals surface area contributed by atoms with Crippen molar-refractivity contribution in [3.8, 4) is 0 Å². The standard InChI is InChI=1S/C50H88N4O13/c1-16-38-49(12,60)42(56)34(8)52-27-30(4)25-47(10,59)43(67-45-40(55)37(24-31(5)63-45)54(14)46(58)53(13)36-20-18-17-19-21-36)32(6)41(33(7)44(57)65-38)66-39-26-48(11,62-15)50(61,35(9)64-39)28-51-23-22-29(2)3/h17-21,29-35,37-43,45,51-52,55-56,59-61H,16,22-28H2,1-15H3/t30-,31-,32+,33-,34-,35+,37+,38-,39+,40-,41+,42-,43-,45+,47-,48-,49-,50+/m1/s1. The van der Waals surface area contributed by atoms with Gasteiger partial charge in [-0.1, -0.05) is 52.8 Å². The molecule has 0 saturated carbocycles. The van der Waals surface area contributed by atoms with Gasteiger partial charge >= 0.3 is 12.0 Å². The number of amides is 2. The fourth-order valence-electron chi connectivity index (χ4n) is 10.4. The van der Waals surface area contributed by atoms with Gasteiger partial charge in [-0.3, -0.25) is 9.69 Å². The molecule has 0 unspecified atom stereocenters. The van der Waals surface area contributed by atoms with Crippen LogP contribution in [0.2, 0.25) is 0 Å². The molecule has 7 N–H and O–H groups in total. The minimum absolute atomic E-state index is 0.0453. The first-order chi connectivity index (χ1) is 31.1. The number of hydrogen-bond donors (Lipinski definition) is 7. The zero-order valence-electron chi connectivity index (χ0n) is 43.1. The van der Waals surface area contributed by atoms with E-state index in [4.69, 9.17) is 28.4 Å². The summed E-state index contributed by atoms with van der Waals surface area (Å²) in [4.78, 5) is 31.4. The van der Waals surface area contributed by atoms with Crippen LogP contribution in [0.1, 0.15) is 115 Å². The number of esters is 1. The number of ether oxygens (including phenoxy) is 6. The maximum absolute atomic E-state index is 14.6. The first-order valence-electron chi connectivity index (χ1n) is 24.6. The van der Waals surface area contributed by atoms with Crippen LogP contribution in [0.15, 0.2) is 30.3 Å². The minimum Gasteiger partial charge on any atom is -0.459 e. The number of nitrogens with zero attached hydrogens (tertiary/aromatic N) is 2. The lowest BCUT2D eigenvalue weighted by Crippen LogP contribution is -2.70. The van der Waals surface area contributed by atoms with Gasteiger partial charge in [0.25, 0.3) is 0 Å². The van der Waals surface area contributed by atoms with E-state index in [2.05, 4.69) is 24.5 Å². The Bertz CT molecular complexity index is 1710. The van der Waals surface area contributed by atoms with Crippen LogP contribution in [0.3, 0.4) is 0 Å². The summed E-state index contributed by atoms with van der Waals surface area (Å²) in [6, 6.07) is 7.42. The molecule has 386 valence electrons. The first kappa shape index (κ1) is 57.1. The number of rotatable bonds is 13. The number of urea groups is 1. The zero-order valence-corrected chi connectivity index (χ0v) is 43.1. The number of benzene rings is 1. The van der Waals surface area contributed by atoms with E-state index >= 15 is 0 Å². The lowest BCUT2D eigenvalue weighted by atomic mass is 9.75. The molecule has 0 radical (unpaired) electrons. The van der Waals surface area contributed by atoms with Gasteiger partial charge in [-0.25, -0.2) is 4.79 Å². The Balaban J connectivity index is 1.79. The van der Waals surface area contributed by atoms with Crippen LogP contribution in [-0.4, -0.2) is 173 Å². The van der Waals surface area contributed by atoms with Crippen molar-refractivity contribution < 1.29 is 63.5 Å². The number of carbonyl (C=O) groups is 2. The summed E-state index contributed by atoms with van der Waals surface area (Å²) >= 11 is 0. The Morgan fingerprint density at radius 1 is 0.970 bits per heavy atom. The van der Waals surface area contributed by atoms with E-state index < -0.39 is 108 Å². The molecule has 0 bridgehead atoms. The van der Waals surface area contributed by atoms with E-state index in [1.165, 1.54) is 23.8 Å². The third kappa shape index (κ3) is 13.3. The van der Waals surface area contributed by atoms with E-state index in [9.17, 15) is 35.1 Å². The predicted octanol–water partition coefficient (Wildman–Crippen LogP) is 4.19. The molecule has 3 heterocycles. The maximum atomic E-state index is 14.6. The third-order valence-corrected chi connectivity index (χ3v) is 15.1. The number of carbonyl (C=O) groups excluding carboxylic acids is 2. The summed E-state index contributed by atoms with van der Waals surface area (Å²) in [5, 5.41) is 67.2. The second kappa shape index (κ2) is 23.6. The summed E-state index contributed by atoms with van der Waals surface area (Å²) in [6.45, 7) is 22.7. The molecule has 3 aliphatic heterocycles. The summed E-state index contributed by atoms with van der Waals surface area (Å²) in [5.74, 6) is -2.51. The SMILES string of the molecule is CC[C@H]1OC(=O)[C@H](C)[C@@H](O[C@H]2C[C@@](C)(OC)[C@](O)(CNCCC(C)C)[C@H](C)O2)[C@H](C)[C@@H](O[C@@H]2O[C@H](C)C[C@H](N(C)C(=O)N(C)c3ccccc3)[C@H]2O)[C@](C)(O)C[C@@H](C)CN[C@H](C)[C@@H](O)[C@]1(C)O. The Labute approximate surface area is 400 Å². The molecule has 3 fully saturated rings. The van der Waals surface area contributed by atoms with E-state index in [0.717, 1.165) is 6.42 Å². The number of aliphatic hydroxyl groups is 5. The molecule has 0 spiro atoms. The Kier molecular flexibility index (Phi) is 20.1. The normalized spacial score (nSPS) is 41.8. The highest BCUT2D eigenvalue weighted by Gasteiger charge is 2.58. The Morgan fingerprint density at radius 2 is 1.61 bits per heavy atom. The maximum Gasteiger partial charge on any atom is 0.324 e. The van der Waals surface area contributed by atoms with Crippen LogP contribution in [0.5, 0.6) is 0 Å². The second-order valence-corrected chi connectivity index (χ2v) is 21.2. The van der Waals surface area contributed by atoms with Gasteiger partial charge in [0.05, 0.1) is 42.0 Å². The fourth-order valence-corrected chi connectivity index (χ4v) is 10.4. The van der Waals surface area contributed by atoms with Crippen molar-refractivity contribution in [2.24, 2.45) is 23.7 Å². The predicted molar refractivity (Wildman–Crippen MR) is 255 cm³/mol. The number of likely N-dealkylation sites (N-methyl/N-ethyl adjacent to an activating group) is 1. The van der Waals surface area contributed by atoms with Crippen LogP contribution in [0.25, 0.3) is 0 Å². The summed E-state index contributed by atoms with van der Waals surface area (Å²) in [7, 11) is 4.82. The molecule has 3 saturated heterocycles. The molecule has 67 heavy (non-hydrogen) atoms. The largest absolute Gasteiger partial charge is 0.459 e. The van der Waals surface area contributed by atoms with E-state index in [1.807, 2.05) is 44.2 Å². The number of nitrogens with one attached hydrogen (secondary N) is 2. The van der Waals surface area contributed by atoms with E-state index in [-0.39, 0.29) is 37.8 Å². The molecule has 17 heteroatoms. The molecule has 1 aromatic rings. The number of aliphatic hydroxyl groups excluding tert-OH is 2. The van der Waals surface area contributed by atoms with Crippen LogP contribution in [0, 0.1) is 23.7 Å². The highest BCUT2D eigenvalue weighted by molar-refractivity contribution is 5.91. The van der Waals surface area contributed by atoms with Crippen molar-refractivity contribution in [3.05, 3.63) is 30.3 Å². The van der Waals surface area contributed by atoms with Crippen LogP contribution in [0.4, 0.5) is 10.5 Å². The van der Waals surface area contributed by atoms with Crippen LogP contribution >= 0.6 is 0 Å². The van der Waals surface area contributed by atoms with Crippen molar-refractivity contribution in [1.29, 1.82) is 0 Å². The number of cyclic esters (lactones) is 1. The van der Waals surface area contributed by atoms with Crippen molar-refractivity contribution in [3.63, 3.8) is 0 Å². The van der Waals surface area contributed by atoms with Gasteiger partial charge < -0.3 is 69.5 Å². The van der Waals surface area contributed by atoms with Crippen molar-refractivity contribution in [1.82, 2.24) is 15.5 Å². The van der Waals surface area contributed by atoms with Gasteiger partial charge in [-0.05, 0) is 111 Å². The van der Waals surface area contributed by atoms with Gasteiger partial charge in [0.2, 0.25) is 0 Å². The van der Waals surface area contributed by atoms with Crippen LogP contribution < -0.4 is 15.5 Å². The molecule has 1 aromatic carbocycles. The monoisotopic (exact) mass is 953 g/mol. The fraction of sp³-hybridized carbons (Fsp3) is 0.840. The summed E-state index contributed by atoms with van der Waals surface area (Å²) < 4.78 is 38.8. The average molecular weight is 953 g/mol. The molecule has 17 nitrogen and oxygen atoms in total. The highest BCUT2D eigenvalue weighted by Crippen LogP contribution is 2.43. The molecule has 0 aromatic heterocycles. The molecule has 3 aliphatic rings. The minimum atomic E-state index is -1.86. The molecular formula is C50H88N4O13. The third-order valence-electron chi connectivity index (χ3n) is 15.1. The Morgan fingerprint density at radius 3 is 2.21 bits per heavy atom. The average Bonchev–Trinajstić information content (AvgIpc) is 3.27. The lowest BCUT2D eigenvalue weighted by Gasteiger charge is -2.53. The number of hydrogen-bond acceptors (Lipinski definition) is 15. The molecule has 2 amide bonds. The summed E-state index contributed by atoms with van der Waals surface area (Å²) in [5.41, 5.74) is -5.56. The first-order valence-corrected chi connectivity index (χ1v) is 24.6. The van der Waals surface area contributed by atoms with Crippen molar-refractivity contribution in [2.45, 2.75) is 205 Å². The quantitative estimate of drug-likeness (QED) is 0.109. The summed E-state index contributed by atoms with van der Waals surface area (Å²) in [6.07, 6.45) is -8.34. The smallest absolute Gasteiger partial charge is 0.324 e. The molecule has 0 aliphatic carbocycles. The highest BCUT2D eigenvalue weighted by atomic mass is 16.7. The van der Waals surface area contributed by atoms with Crippen LogP contribution in [-0.2, 0) is 33.2 Å².